The van der Waals surface area contributed by atoms with Crippen LogP contribution in [0.5, 0.6) is 0 Å². The fourth-order valence-electron chi connectivity index (χ4n) is 11.6. The number of fused-ring (bicyclic) bond motifs is 13. The number of para-hydroxylation sites is 5. The first kappa shape index (κ1) is 37.7. The molecule has 0 saturated heterocycles. The molecule has 1 aliphatic heterocycles. The number of hydrogen-bond donors (Lipinski definition) is 0. The maximum atomic E-state index is 2.49. The summed E-state index contributed by atoms with van der Waals surface area (Å²) in [6.45, 7) is 4.76. The van der Waals surface area contributed by atoms with E-state index in [-0.39, 0.29) is 5.41 Å². The van der Waals surface area contributed by atoms with E-state index in [0.717, 1.165) is 56.6 Å². The molecule has 0 saturated carbocycles. The number of aromatic nitrogens is 2. The van der Waals surface area contributed by atoms with E-state index in [0.29, 0.717) is 0 Å². The lowest BCUT2D eigenvalue weighted by Gasteiger charge is -2.29. The molecule has 0 fully saturated rings. The molecule has 8 bridgehead atoms. The Balaban J connectivity index is 1.06. The molecule has 10 aromatic carbocycles. The average molecular weight is 857 g/mol. The van der Waals surface area contributed by atoms with Gasteiger partial charge in [0.25, 0.3) is 0 Å². The summed E-state index contributed by atoms with van der Waals surface area (Å²) < 4.78 is 4.86. The number of benzene rings is 10. The number of rotatable bonds is 4. The summed E-state index contributed by atoms with van der Waals surface area (Å²) in [6, 6.07) is 85.4. The Morgan fingerprint density at radius 1 is 0.313 bits per heavy atom. The third-order valence-corrected chi connectivity index (χ3v) is 14.6. The summed E-state index contributed by atoms with van der Waals surface area (Å²) in [5, 5.41) is 4.90. The maximum Gasteiger partial charge on any atom is 0.0782 e. The Bertz CT molecular complexity index is 3970. The molecule has 4 heteroatoms. The lowest BCUT2D eigenvalue weighted by Crippen LogP contribution is -2.16. The van der Waals surface area contributed by atoms with Gasteiger partial charge in [-0.2, -0.15) is 0 Å². The lowest BCUT2D eigenvalue weighted by molar-refractivity contribution is 0.660. The zero-order valence-electron chi connectivity index (χ0n) is 37.2. The van der Waals surface area contributed by atoms with E-state index in [1.807, 2.05) is 0 Å². The highest BCUT2D eigenvalue weighted by Gasteiger charge is 2.37. The molecule has 0 radical (unpaired) electrons. The van der Waals surface area contributed by atoms with Gasteiger partial charge in [-0.1, -0.05) is 141 Å². The normalized spacial score (nSPS) is 13.6. The summed E-state index contributed by atoms with van der Waals surface area (Å²) in [4.78, 5) is 4.98. The van der Waals surface area contributed by atoms with E-state index in [4.69, 9.17) is 0 Å². The third kappa shape index (κ3) is 5.47. The van der Waals surface area contributed by atoms with Crippen molar-refractivity contribution in [2.45, 2.75) is 19.3 Å². The molecule has 0 spiro atoms. The van der Waals surface area contributed by atoms with Gasteiger partial charge in [0.2, 0.25) is 0 Å². The van der Waals surface area contributed by atoms with Crippen LogP contribution in [0, 0.1) is 0 Å². The van der Waals surface area contributed by atoms with Crippen LogP contribution < -0.4 is 9.80 Å². The number of anilines is 6. The van der Waals surface area contributed by atoms with Crippen molar-refractivity contribution in [3.8, 4) is 33.6 Å². The van der Waals surface area contributed by atoms with Gasteiger partial charge in [-0.25, -0.2) is 0 Å². The number of nitrogens with zero attached hydrogens (tertiary/aromatic N) is 4. The van der Waals surface area contributed by atoms with Crippen LogP contribution in [0.2, 0.25) is 0 Å². The first-order chi connectivity index (χ1) is 33.0. The Kier molecular flexibility index (Phi) is 8.00. The topological polar surface area (TPSA) is 16.3 Å². The van der Waals surface area contributed by atoms with Crippen LogP contribution >= 0.6 is 0 Å². The summed E-state index contributed by atoms with van der Waals surface area (Å²) in [5.74, 6) is 0. The van der Waals surface area contributed by atoms with Gasteiger partial charge in [0.15, 0.2) is 0 Å². The fourth-order valence-corrected chi connectivity index (χ4v) is 11.6. The molecule has 0 amide bonds. The predicted molar refractivity (Wildman–Crippen MR) is 281 cm³/mol. The summed E-state index contributed by atoms with van der Waals surface area (Å²) >= 11 is 0. The quantitative estimate of drug-likeness (QED) is 0.175. The van der Waals surface area contributed by atoms with Crippen LogP contribution in [0.25, 0.3) is 77.2 Å². The second-order valence-electron chi connectivity index (χ2n) is 18.6. The maximum absolute atomic E-state index is 2.49. The van der Waals surface area contributed by atoms with Crippen molar-refractivity contribution in [2.75, 3.05) is 9.80 Å². The summed E-state index contributed by atoms with van der Waals surface area (Å²) in [7, 11) is 0. The van der Waals surface area contributed by atoms with Crippen molar-refractivity contribution >= 4 is 77.7 Å². The first-order valence-electron chi connectivity index (χ1n) is 23.3. The molecule has 14 rings (SSSR count). The molecule has 12 aromatic rings. The number of hydrogen-bond acceptors (Lipinski definition) is 2. The standard InChI is InChI=1S/C63H44N4/c1-63(2)54-35-33-47-39-52(54)53-40-48(34-36-55(53)63)65(60-32-15-27-50-49-25-9-11-28-56(49)67(62(50)60)44-21-7-4-8-22-44)46-24-14-18-42(38-46)41-17-13-23-45(37-41)64(47)58-30-16-31-59-61(58)51-26-10-12-29-57(51)66(59)43-19-5-3-6-20-43/h3-40H,1-2H3. The second-order valence-corrected chi connectivity index (χ2v) is 18.6. The molecule has 316 valence electrons. The molecule has 2 aliphatic rings. The van der Waals surface area contributed by atoms with Crippen molar-refractivity contribution in [3.05, 3.63) is 242 Å². The van der Waals surface area contributed by atoms with Crippen LogP contribution in [-0.2, 0) is 5.41 Å². The smallest absolute Gasteiger partial charge is 0.0782 e. The second kappa shape index (κ2) is 14.2. The molecule has 1 aliphatic carbocycles. The van der Waals surface area contributed by atoms with E-state index < -0.39 is 0 Å². The molecule has 0 unspecified atom stereocenters. The minimum atomic E-state index is -0.200. The fraction of sp³-hybridized carbons (Fsp3) is 0.0476. The molecular weight excluding hydrogens is 813 g/mol. The minimum absolute atomic E-state index is 0.200. The van der Waals surface area contributed by atoms with Crippen molar-refractivity contribution < 1.29 is 0 Å². The molecule has 4 nitrogen and oxygen atoms in total. The highest BCUT2D eigenvalue weighted by Crippen LogP contribution is 2.54. The Morgan fingerprint density at radius 3 is 1.40 bits per heavy atom. The first-order valence-corrected chi connectivity index (χ1v) is 23.3. The van der Waals surface area contributed by atoms with Crippen LogP contribution in [0.3, 0.4) is 0 Å². The van der Waals surface area contributed by atoms with Gasteiger partial charge in [-0.3, -0.25) is 0 Å². The van der Waals surface area contributed by atoms with Crippen molar-refractivity contribution in [2.24, 2.45) is 0 Å². The van der Waals surface area contributed by atoms with Gasteiger partial charge in [0.05, 0.1) is 33.4 Å². The van der Waals surface area contributed by atoms with Gasteiger partial charge < -0.3 is 18.9 Å². The van der Waals surface area contributed by atoms with Gasteiger partial charge in [-0.05, 0) is 137 Å². The average Bonchev–Trinajstić information content (AvgIpc) is 3.98. The summed E-state index contributed by atoms with van der Waals surface area (Å²) in [5.41, 5.74) is 21.0. The largest absolute Gasteiger partial charge is 0.310 e. The van der Waals surface area contributed by atoms with Crippen molar-refractivity contribution in [3.63, 3.8) is 0 Å². The zero-order chi connectivity index (χ0) is 44.4. The Labute approximate surface area is 389 Å². The molecule has 3 heterocycles. The van der Waals surface area contributed by atoms with Crippen LogP contribution in [-0.4, -0.2) is 9.13 Å². The van der Waals surface area contributed by atoms with E-state index in [2.05, 4.69) is 263 Å². The van der Waals surface area contributed by atoms with Gasteiger partial charge in [-0.15, -0.1) is 0 Å². The molecule has 0 atom stereocenters. The van der Waals surface area contributed by atoms with Crippen molar-refractivity contribution in [1.82, 2.24) is 9.13 Å². The minimum Gasteiger partial charge on any atom is -0.310 e. The van der Waals surface area contributed by atoms with Crippen LogP contribution in [0.15, 0.2) is 231 Å². The van der Waals surface area contributed by atoms with E-state index in [1.54, 1.807) is 0 Å². The Hall–Kier alpha value is -8.60. The zero-order valence-corrected chi connectivity index (χ0v) is 37.2. The van der Waals surface area contributed by atoms with Crippen LogP contribution in [0.1, 0.15) is 25.0 Å². The van der Waals surface area contributed by atoms with Crippen molar-refractivity contribution in [1.29, 1.82) is 0 Å². The lowest BCUT2D eigenvalue weighted by atomic mass is 9.82. The third-order valence-electron chi connectivity index (χ3n) is 14.6. The SMILES string of the molecule is CC1(C)c2ccc3cc2-c2cc(ccc21)N(c1cccc2c4ccccc4n(-c4ccccc4)c12)c1cccc(c1)-c1cccc(c1)N3c1cccc2c1c1ccccc1n2-c1ccccc1. The summed E-state index contributed by atoms with van der Waals surface area (Å²) in [6.07, 6.45) is 0. The van der Waals surface area contributed by atoms with Gasteiger partial charge in [0.1, 0.15) is 0 Å². The Morgan fingerprint density at radius 2 is 0.761 bits per heavy atom. The predicted octanol–water partition coefficient (Wildman–Crippen LogP) is 17.1. The monoisotopic (exact) mass is 856 g/mol. The molecule has 2 aromatic heterocycles. The van der Waals surface area contributed by atoms with Gasteiger partial charge >= 0.3 is 0 Å². The van der Waals surface area contributed by atoms with E-state index >= 15 is 0 Å². The highest BCUT2D eigenvalue weighted by molar-refractivity contribution is 6.17. The van der Waals surface area contributed by atoms with Crippen LogP contribution in [0.4, 0.5) is 34.1 Å². The highest BCUT2D eigenvalue weighted by atomic mass is 15.2. The van der Waals surface area contributed by atoms with E-state index in [1.165, 1.54) is 65.9 Å². The van der Waals surface area contributed by atoms with Gasteiger partial charge in [0, 0.05) is 61.1 Å². The molecular formula is C63H44N4. The van der Waals surface area contributed by atoms with E-state index in [9.17, 15) is 0 Å². The molecule has 0 N–H and O–H groups in total. The molecule has 67 heavy (non-hydrogen) atoms.